The standard InChI is InChI=1S/C17H18FN5O2S/c1-17(5-6-26-15(19)23-17)12-7-11(3-4-13(12)18)22-14(24)10-8-20-16(25-2)21-9-10/h3-4,7-9H,5-6H2,1-2H3,(H2,19,23)(H,22,24)/t17-/m0/s1. The summed E-state index contributed by atoms with van der Waals surface area (Å²) in [4.78, 5) is 24.5. The SMILES string of the molecule is COc1ncc(C(=O)Nc2ccc(F)c([C@]3(C)CCSC(N)=N3)c2)cn1. The van der Waals surface area contributed by atoms with Crippen molar-refractivity contribution in [2.45, 2.75) is 18.9 Å². The van der Waals surface area contributed by atoms with E-state index >= 15 is 0 Å². The Labute approximate surface area is 154 Å². The first-order chi connectivity index (χ1) is 12.4. The first kappa shape index (κ1) is 18.1. The van der Waals surface area contributed by atoms with E-state index in [9.17, 15) is 9.18 Å². The molecule has 0 saturated carbocycles. The zero-order valence-electron chi connectivity index (χ0n) is 14.3. The van der Waals surface area contributed by atoms with Crippen molar-refractivity contribution in [1.82, 2.24) is 9.97 Å². The summed E-state index contributed by atoms with van der Waals surface area (Å²) < 4.78 is 19.3. The number of aliphatic imine (C=N–C) groups is 1. The number of nitrogens with zero attached hydrogens (tertiary/aromatic N) is 3. The smallest absolute Gasteiger partial charge is 0.316 e. The number of aromatic nitrogens is 2. The number of hydrogen-bond donors (Lipinski definition) is 2. The number of carbonyl (C=O) groups is 1. The minimum absolute atomic E-state index is 0.171. The van der Waals surface area contributed by atoms with E-state index < -0.39 is 11.4 Å². The van der Waals surface area contributed by atoms with Gasteiger partial charge >= 0.3 is 6.01 Å². The molecule has 136 valence electrons. The van der Waals surface area contributed by atoms with Crippen molar-refractivity contribution in [3.63, 3.8) is 0 Å². The molecular weight excluding hydrogens is 357 g/mol. The van der Waals surface area contributed by atoms with Crippen molar-refractivity contribution in [2.24, 2.45) is 10.7 Å². The highest BCUT2D eigenvalue weighted by molar-refractivity contribution is 8.13. The van der Waals surface area contributed by atoms with Crippen LogP contribution in [-0.2, 0) is 5.54 Å². The van der Waals surface area contributed by atoms with Gasteiger partial charge in [-0.3, -0.25) is 9.79 Å². The first-order valence-corrected chi connectivity index (χ1v) is 8.85. The lowest BCUT2D eigenvalue weighted by Crippen LogP contribution is -2.29. The second kappa shape index (κ2) is 7.28. The quantitative estimate of drug-likeness (QED) is 0.851. The number of benzene rings is 1. The van der Waals surface area contributed by atoms with Gasteiger partial charge in [-0.15, -0.1) is 0 Å². The fraction of sp³-hybridized carbons (Fsp3) is 0.294. The molecule has 7 nitrogen and oxygen atoms in total. The zero-order chi connectivity index (χ0) is 18.7. The van der Waals surface area contributed by atoms with E-state index in [4.69, 9.17) is 10.5 Å². The van der Waals surface area contributed by atoms with Crippen LogP contribution in [0, 0.1) is 5.82 Å². The first-order valence-electron chi connectivity index (χ1n) is 7.87. The molecule has 1 aliphatic rings. The minimum atomic E-state index is -0.761. The molecule has 26 heavy (non-hydrogen) atoms. The normalized spacial score (nSPS) is 19.6. The van der Waals surface area contributed by atoms with Gasteiger partial charge < -0.3 is 15.8 Å². The highest BCUT2D eigenvalue weighted by Gasteiger charge is 2.32. The van der Waals surface area contributed by atoms with Gasteiger partial charge in [-0.2, -0.15) is 0 Å². The third-order valence-electron chi connectivity index (χ3n) is 4.07. The van der Waals surface area contributed by atoms with Crippen LogP contribution in [0.15, 0.2) is 35.6 Å². The average Bonchev–Trinajstić information content (AvgIpc) is 2.63. The maximum Gasteiger partial charge on any atom is 0.316 e. The third kappa shape index (κ3) is 3.77. The molecule has 2 heterocycles. The van der Waals surface area contributed by atoms with Crippen LogP contribution in [0.4, 0.5) is 10.1 Å². The number of halogens is 1. The lowest BCUT2D eigenvalue weighted by atomic mass is 9.89. The second-order valence-corrected chi connectivity index (χ2v) is 7.04. The molecule has 1 aliphatic heterocycles. The van der Waals surface area contributed by atoms with Crippen LogP contribution in [0.25, 0.3) is 0 Å². The number of nitrogens with one attached hydrogen (secondary N) is 1. The minimum Gasteiger partial charge on any atom is -0.467 e. The summed E-state index contributed by atoms with van der Waals surface area (Å²) in [7, 11) is 1.44. The van der Waals surface area contributed by atoms with Gasteiger partial charge in [-0.25, -0.2) is 14.4 Å². The van der Waals surface area contributed by atoms with Gasteiger partial charge in [0.1, 0.15) is 5.82 Å². The highest BCUT2D eigenvalue weighted by atomic mass is 32.2. The Kier molecular flexibility index (Phi) is 5.08. The Balaban J connectivity index is 1.85. The van der Waals surface area contributed by atoms with Gasteiger partial charge in [0.15, 0.2) is 5.17 Å². The monoisotopic (exact) mass is 375 g/mol. The Morgan fingerprint density at radius 1 is 1.38 bits per heavy atom. The molecule has 1 amide bonds. The van der Waals surface area contributed by atoms with Crippen molar-refractivity contribution in [3.05, 3.63) is 47.5 Å². The molecule has 1 atom stereocenters. The molecule has 0 aliphatic carbocycles. The predicted molar refractivity (Wildman–Crippen MR) is 99.0 cm³/mol. The number of amidine groups is 1. The van der Waals surface area contributed by atoms with Crippen molar-refractivity contribution in [3.8, 4) is 6.01 Å². The van der Waals surface area contributed by atoms with Crippen molar-refractivity contribution < 1.29 is 13.9 Å². The van der Waals surface area contributed by atoms with Gasteiger partial charge in [-0.1, -0.05) is 11.8 Å². The molecule has 0 fully saturated rings. The molecule has 0 saturated heterocycles. The van der Waals surface area contributed by atoms with E-state index in [2.05, 4.69) is 20.3 Å². The summed E-state index contributed by atoms with van der Waals surface area (Å²) in [6.07, 6.45) is 3.37. The lowest BCUT2D eigenvalue weighted by Gasteiger charge is -2.30. The van der Waals surface area contributed by atoms with E-state index in [1.165, 1.54) is 43.4 Å². The number of carbonyl (C=O) groups excluding carboxylic acids is 1. The Bertz CT molecular complexity index is 859. The Morgan fingerprint density at radius 2 is 2.12 bits per heavy atom. The highest BCUT2D eigenvalue weighted by Crippen LogP contribution is 2.37. The molecule has 9 heteroatoms. The van der Waals surface area contributed by atoms with Gasteiger partial charge in [0, 0.05) is 29.4 Å². The summed E-state index contributed by atoms with van der Waals surface area (Å²) in [6.45, 7) is 1.83. The molecule has 3 rings (SSSR count). The van der Waals surface area contributed by atoms with Gasteiger partial charge in [0.2, 0.25) is 0 Å². The van der Waals surface area contributed by atoms with E-state index in [0.717, 1.165) is 5.75 Å². The summed E-state index contributed by atoms with van der Waals surface area (Å²) >= 11 is 1.45. The molecule has 2 aromatic rings. The number of ether oxygens (including phenoxy) is 1. The van der Waals surface area contributed by atoms with Gasteiger partial charge in [-0.05, 0) is 31.5 Å². The molecule has 0 bridgehead atoms. The van der Waals surface area contributed by atoms with Crippen molar-refractivity contribution >= 4 is 28.5 Å². The van der Waals surface area contributed by atoms with Crippen LogP contribution < -0.4 is 15.8 Å². The summed E-state index contributed by atoms with van der Waals surface area (Å²) in [5.41, 5.74) is 6.16. The molecule has 0 spiro atoms. The van der Waals surface area contributed by atoms with Gasteiger partial charge in [0.05, 0.1) is 18.2 Å². The van der Waals surface area contributed by atoms with Crippen LogP contribution in [0.5, 0.6) is 6.01 Å². The average molecular weight is 375 g/mol. The lowest BCUT2D eigenvalue weighted by molar-refractivity contribution is 0.102. The predicted octanol–water partition coefficient (Wildman–Crippen LogP) is 2.54. The van der Waals surface area contributed by atoms with Crippen molar-refractivity contribution in [1.29, 1.82) is 0 Å². The molecule has 1 aromatic heterocycles. The maximum absolute atomic E-state index is 14.4. The fourth-order valence-corrected chi connectivity index (χ4v) is 3.61. The molecular formula is C17H18FN5O2S. The number of amides is 1. The maximum atomic E-state index is 14.4. The van der Waals surface area contributed by atoms with E-state index in [1.807, 2.05) is 6.92 Å². The molecule has 0 radical (unpaired) electrons. The molecule has 0 unspecified atom stereocenters. The number of rotatable bonds is 4. The molecule has 1 aromatic carbocycles. The second-order valence-electron chi connectivity index (χ2n) is 5.93. The third-order valence-corrected chi connectivity index (χ3v) is 4.87. The number of hydrogen-bond acceptors (Lipinski definition) is 7. The summed E-state index contributed by atoms with van der Waals surface area (Å²) in [5, 5.41) is 3.15. The largest absolute Gasteiger partial charge is 0.467 e. The van der Waals surface area contributed by atoms with Crippen LogP contribution >= 0.6 is 11.8 Å². The van der Waals surface area contributed by atoms with Crippen LogP contribution in [0.2, 0.25) is 0 Å². The topological polar surface area (TPSA) is 102 Å². The summed E-state index contributed by atoms with van der Waals surface area (Å²) in [5.74, 6) is -0.0373. The number of anilines is 1. The van der Waals surface area contributed by atoms with Crippen molar-refractivity contribution in [2.75, 3.05) is 18.2 Å². The number of methoxy groups -OCH3 is 1. The summed E-state index contributed by atoms with van der Waals surface area (Å²) in [6, 6.07) is 4.57. The molecule has 3 N–H and O–H groups in total. The Hall–Kier alpha value is -2.68. The zero-order valence-corrected chi connectivity index (χ0v) is 15.1. The van der Waals surface area contributed by atoms with Crippen LogP contribution in [0.3, 0.4) is 0 Å². The number of thioether (sulfide) groups is 1. The Morgan fingerprint density at radius 3 is 2.77 bits per heavy atom. The fourth-order valence-electron chi connectivity index (χ4n) is 2.64. The van der Waals surface area contributed by atoms with E-state index in [-0.39, 0.29) is 17.4 Å². The number of nitrogens with two attached hydrogens (primary N) is 1. The van der Waals surface area contributed by atoms with Gasteiger partial charge in [0.25, 0.3) is 5.91 Å². The van der Waals surface area contributed by atoms with E-state index in [0.29, 0.717) is 22.8 Å². The van der Waals surface area contributed by atoms with E-state index in [1.54, 1.807) is 6.07 Å². The van der Waals surface area contributed by atoms with Crippen LogP contribution in [0.1, 0.15) is 29.3 Å². The van der Waals surface area contributed by atoms with Crippen LogP contribution in [-0.4, -0.2) is 33.9 Å².